The zero-order valence-corrected chi connectivity index (χ0v) is 15.4. The van der Waals surface area contributed by atoms with Crippen LogP contribution in [-0.2, 0) is 14.4 Å². The van der Waals surface area contributed by atoms with Gasteiger partial charge in [-0.15, -0.1) is 0 Å². The molecule has 2 unspecified atom stereocenters. The highest BCUT2D eigenvalue weighted by Gasteiger charge is 2.46. The van der Waals surface area contributed by atoms with Crippen molar-refractivity contribution in [3.63, 3.8) is 0 Å². The Morgan fingerprint density at radius 2 is 1.85 bits per heavy atom. The van der Waals surface area contributed by atoms with Gasteiger partial charge in [-0.1, -0.05) is 24.3 Å². The molecule has 2 fully saturated rings. The monoisotopic (exact) mass is 358 g/mol. The molecule has 0 bridgehead atoms. The molecule has 2 amide bonds. The van der Waals surface area contributed by atoms with Crippen molar-refractivity contribution in [3.8, 4) is 0 Å². The molecule has 0 radical (unpaired) electrons. The van der Waals surface area contributed by atoms with Gasteiger partial charge in [-0.2, -0.15) is 0 Å². The Kier molecular flexibility index (Phi) is 5.30. The van der Waals surface area contributed by atoms with Crippen LogP contribution >= 0.6 is 0 Å². The van der Waals surface area contributed by atoms with Gasteiger partial charge < -0.3 is 14.9 Å². The number of aryl methyl sites for hydroxylation is 1. The number of benzene rings is 1. The fourth-order valence-corrected chi connectivity index (χ4v) is 3.85. The zero-order chi connectivity index (χ0) is 18.8. The number of nitrogens with zero attached hydrogens (tertiary/aromatic N) is 2. The van der Waals surface area contributed by atoms with Gasteiger partial charge in [0.25, 0.3) is 0 Å². The third-order valence-corrected chi connectivity index (χ3v) is 5.64. The predicted molar refractivity (Wildman–Crippen MR) is 96.6 cm³/mol. The molecule has 3 rings (SSSR count). The van der Waals surface area contributed by atoms with Crippen molar-refractivity contribution < 1.29 is 19.5 Å². The highest BCUT2D eigenvalue weighted by molar-refractivity contribution is 5.88. The summed E-state index contributed by atoms with van der Waals surface area (Å²) in [5, 5.41) is 9.03. The lowest BCUT2D eigenvalue weighted by molar-refractivity contribution is -0.146. The molecule has 140 valence electrons. The van der Waals surface area contributed by atoms with E-state index in [-0.39, 0.29) is 36.1 Å². The fourth-order valence-electron chi connectivity index (χ4n) is 3.85. The Morgan fingerprint density at radius 3 is 2.46 bits per heavy atom. The van der Waals surface area contributed by atoms with Gasteiger partial charge >= 0.3 is 5.97 Å². The van der Waals surface area contributed by atoms with Gasteiger partial charge in [-0.05, 0) is 43.2 Å². The van der Waals surface area contributed by atoms with Crippen LogP contribution in [0.25, 0.3) is 0 Å². The highest BCUT2D eigenvalue weighted by atomic mass is 16.4. The summed E-state index contributed by atoms with van der Waals surface area (Å²) in [5.74, 6) is -1.01. The molecular weight excluding hydrogens is 332 g/mol. The van der Waals surface area contributed by atoms with E-state index < -0.39 is 5.97 Å². The molecule has 1 saturated heterocycles. The summed E-state index contributed by atoms with van der Waals surface area (Å²) in [6.07, 6.45) is 1.81. The van der Waals surface area contributed by atoms with Gasteiger partial charge in [-0.3, -0.25) is 14.4 Å². The topological polar surface area (TPSA) is 77.9 Å². The molecule has 0 spiro atoms. The van der Waals surface area contributed by atoms with Crippen LogP contribution in [0, 0.1) is 18.8 Å². The SMILES string of the molecule is Cc1ccccc1C1CC1C(=O)N(C)CC(=O)N1CCC(C(=O)O)CC1. The smallest absolute Gasteiger partial charge is 0.306 e. The molecule has 1 aliphatic carbocycles. The van der Waals surface area contributed by atoms with E-state index in [2.05, 4.69) is 19.1 Å². The van der Waals surface area contributed by atoms with Gasteiger partial charge in [0, 0.05) is 26.1 Å². The predicted octanol–water partition coefficient (Wildman–Crippen LogP) is 1.88. The van der Waals surface area contributed by atoms with Crippen LogP contribution in [0.4, 0.5) is 0 Å². The minimum Gasteiger partial charge on any atom is -0.481 e. The lowest BCUT2D eigenvalue weighted by Crippen LogP contribution is -2.45. The van der Waals surface area contributed by atoms with Gasteiger partial charge in [-0.25, -0.2) is 0 Å². The van der Waals surface area contributed by atoms with E-state index in [1.54, 1.807) is 11.9 Å². The molecule has 26 heavy (non-hydrogen) atoms. The number of likely N-dealkylation sites (tertiary alicyclic amines) is 1. The van der Waals surface area contributed by atoms with Gasteiger partial charge in [0.2, 0.25) is 11.8 Å². The van der Waals surface area contributed by atoms with Crippen molar-refractivity contribution in [2.24, 2.45) is 11.8 Å². The quantitative estimate of drug-likeness (QED) is 0.872. The molecule has 6 heteroatoms. The van der Waals surface area contributed by atoms with E-state index in [4.69, 9.17) is 5.11 Å². The molecule has 1 aromatic carbocycles. The van der Waals surface area contributed by atoms with Crippen LogP contribution in [0.2, 0.25) is 0 Å². The number of likely N-dealkylation sites (N-methyl/N-ethyl adjacent to an activating group) is 1. The van der Waals surface area contributed by atoms with Crippen LogP contribution in [-0.4, -0.2) is 59.4 Å². The first-order chi connectivity index (χ1) is 12.4. The second-order valence-electron chi connectivity index (χ2n) is 7.49. The summed E-state index contributed by atoms with van der Waals surface area (Å²) in [6, 6.07) is 8.13. The molecule has 0 aromatic heterocycles. The molecule has 1 aliphatic heterocycles. The maximum Gasteiger partial charge on any atom is 0.306 e. The van der Waals surface area contributed by atoms with E-state index in [0.29, 0.717) is 25.9 Å². The van der Waals surface area contributed by atoms with Crippen LogP contribution in [0.1, 0.15) is 36.3 Å². The number of carbonyl (C=O) groups excluding carboxylic acids is 2. The summed E-state index contributed by atoms with van der Waals surface area (Å²) < 4.78 is 0. The second kappa shape index (κ2) is 7.48. The normalized spacial score (nSPS) is 22.8. The average Bonchev–Trinajstić information content (AvgIpc) is 3.41. The number of aliphatic carboxylic acids is 1. The lowest BCUT2D eigenvalue weighted by Gasteiger charge is -2.31. The largest absolute Gasteiger partial charge is 0.481 e. The zero-order valence-electron chi connectivity index (χ0n) is 15.4. The van der Waals surface area contributed by atoms with E-state index in [1.165, 1.54) is 16.0 Å². The Balaban J connectivity index is 1.50. The van der Waals surface area contributed by atoms with Crippen LogP contribution < -0.4 is 0 Å². The van der Waals surface area contributed by atoms with E-state index >= 15 is 0 Å². The summed E-state index contributed by atoms with van der Waals surface area (Å²) in [7, 11) is 1.68. The molecular formula is C20H26N2O4. The van der Waals surface area contributed by atoms with Gasteiger partial charge in [0.05, 0.1) is 12.5 Å². The number of carboxylic acid groups (broad SMARTS) is 1. The van der Waals surface area contributed by atoms with Crippen LogP contribution in [0.5, 0.6) is 0 Å². The number of piperidine rings is 1. The maximum absolute atomic E-state index is 12.6. The van der Waals surface area contributed by atoms with E-state index in [9.17, 15) is 14.4 Å². The molecule has 6 nitrogen and oxygen atoms in total. The van der Waals surface area contributed by atoms with Crippen molar-refractivity contribution in [2.45, 2.75) is 32.1 Å². The molecule has 2 atom stereocenters. The number of carboxylic acids is 1. The first-order valence-electron chi connectivity index (χ1n) is 9.19. The summed E-state index contributed by atoms with van der Waals surface area (Å²) in [6.45, 7) is 3.02. The minimum atomic E-state index is -0.791. The maximum atomic E-state index is 12.6. The number of amides is 2. The van der Waals surface area contributed by atoms with Gasteiger partial charge in [0.1, 0.15) is 0 Å². The third kappa shape index (κ3) is 3.89. The molecule has 1 heterocycles. The fraction of sp³-hybridized carbons (Fsp3) is 0.550. The van der Waals surface area contributed by atoms with E-state index in [0.717, 1.165) is 6.42 Å². The summed E-state index contributed by atoms with van der Waals surface area (Å²) in [5.41, 5.74) is 2.43. The third-order valence-electron chi connectivity index (χ3n) is 5.64. The molecule has 2 aliphatic rings. The molecule has 1 aromatic rings. The number of hydrogen-bond acceptors (Lipinski definition) is 3. The first-order valence-corrected chi connectivity index (χ1v) is 9.19. The number of rotatable bonds is 5. The standard InChI is InChI=1S/C20H26N2O4/c1-13-5-3-4-6-15(13)16-11-17(16)19(24)21(2)12-18(23)22-9-7-14(8-10-22)20(25)26/h3-6,14,16-17H,7-12H2,1-2H3,(H,25,26). The van der Waals surface area contributed by atoms with Crippen LogP contribution in [0.3, 0.4) is 0 Å². The highest BCUT2D eigenvalue weighted by Crippen LogP contribution is 2.49. The first kappa shape index (κ1) is 18.4. The Labute approximate surface area is 153 Å². The van der Waals surface area contributed by atoms with Crippen molar-refractivity contribution in [1.82, 2.24) is 9.80 Å². The van der Waals surface area contributed by atoms with Crippen molar-refractivity contribution >= 4 is 17.8 Å². The Morgan fingerprint density at radius 1 is 1.19 bits per heavy atom. The number of hydrogen-bond donors (Lipinski definition) is 1. The van der Waals surface area contributed by atoms with Crippen molar-refractivity contribution in [2.75, 3.05) is 26.7 Å². The molecule has 1 saturated carbocycles. The number of carbonyl (C=O) groups is 3. The summed E-state index contributed by atoms with van der Waals surface area (Å²) >= 11 is 0. The average molecular weight is 358 g/mol. The Bertz CT molecular complexity index is 710. The Hall–Kier alpha value is -2.37. The van der Waals surface area contributed by atoms with E-state index in [1.807, 2.05) is 12.1 Å². The molecule has 1 N–H and O–H groups in total. The van der Waals surface area contributed by atoms with Crippen LogP contribution in [0.15, 0.2) is 24.3 Å². The van der Waals surface area contributed by atoms with Gasteiger partial charge in [0.15, 0.2) is 0 Å². The second-order valence-corrected chi connectivity index (χ2v) is 7.49. The van der Waals surface area contributed by atoms with Crippen molar-refractivity contribution in [3.05, 3.63) is 35.4 Å². The minimum absolute atomic E-state index is 0.0204. The summed E-state index contributed by atoms with van der Waals surface area (Å²) in [4.78, 5) is 39.3. The van der Waals surface area contributed by atoms with Crippen molar-refractivity contribution in [1.29, 1.82) is 0 Å². The lowest BCUT2D eigenvalue weighted by atomic mass is 9.97.